The van der Waals surface area contributed by atoms with E-state index in [1.165, 1.54) is 47.9 Å². The first kappa shape index (κ1) is 20.0. The smallest absolute Gasteiger partial charge is 0.263 e. The second-order valence-corrected chi connectivity index (χ2v) is 10.1. The number of aromatic nitrogens is 2. The number of nitrogens with one attached hydrogen (secondary N) is 1. The zero-order valence-electron chi connectivity index (χ0n) is 16.8. The molecule has 2 aliphatic carbocycles. The summed E-state index contributed by atoms with van der Waals surface area (Å²) in [5, 5.41) is 4.69. The van der Waals surface area contributed by atoms with Crippen molar-refractivity contribution in [3.05, 3.63) is 20.8 Å². The maximum Gasteiger partial charge on any atom is 0.263 e. The van der Waals surface area contributed by atoms with Gasteiger partial charge in [0.1, 0.15) is 4.83 Å². The van der Waals surface area contributed by atoms with Gasteiger partial charge in [-0.3, -0.25) is 14.2 Å². The fraction of sp³-hybridized carbons (Fsp3) is 0.667. The SMILES string of the molecule is CCn1c(SCC(=O)N[C@H]2CCCC[C@H]2C)nc2sc3c(c2c1=O)CCCC3. The zero-order valence-corrected chi connectivity index (χ0v) is 18.4. The highest BCUT2D eigenvalue weighted by molar-refractivity contribution is 7.99. The molecule has 0 bridgehead atoms. The van der Waals surface area contributed by atoms with Crippen LogP contribution in [0.1, 0.15) is 62.8 Å². The zero-order chi connectivity index (χ0) is 19.7. The lowest BCUT2D eigenvalue weighted by molar-refractivity contribution is -0.119. The highest BCUT2D eigenvalue weighted by Gasteiger charge is 2.24. The lowest BCUT2D eigenvalue weighted by Crippen LogP contribution is -2.41. The van der Waals surface area contributed by atoms with E-state index in [1.54, 1.807) is 15.9 Å². The van der Waals surface area contributed by atoms with Gasteiger partial charge >= 0.3 is 0 Å². The van der Waals surface area contributed by atoms with Crippen LogP contribution in [0.4, 0.5) is 0 Å². The Morgan fingerprint density at radius 1 is 1.25 bits per heavy atom. The molecule has 2 heterocycles. The quantitative estimate of drug-likeness (QED) is 0.584. The van der Waals surface area contributed by atoms with Crippen molar-refractivity contribution in [1.29, 1.82) is 0 Å². The van der Waals surface area contributed by atoms with Gasteiger partial charge in [0.15, 0.2) is 5.16 Å². The van der Waals surface area contributed by atoms with Crippen molar-refractivity contribution in [2.45, 2.75) is 83.0 Å². The molecule has 28 heavy (non-hydrogen) atoms. The number of thioether (sulfide) groups is 1. The van der Waals surface area contributed by atoms with Gasteiger partial charge < -0.3 is 5.32 Å². The summed E-state index contributed by atoms with van der Waals surface area (Å²) in [5.74, 6) is 0.904. The van der Waals surface area contributed by atoms with Crippen molar-refractivity contribution in [3.8, 4) is 0 Å². The van der Waals surface area contributed by atoms with E-state index in [-0.39, 0.29) is 17.5 Å². The number of thiophene rings is 1. The topological polar surface area (TPSA) is 64.0 Å². The van der Waals surface area contributed by atoms with Crippen molar-refractivity contribution in [2.75, 3.05) is 5.75 Å². The number of rotatable bonds is 5. The molecule has 0 aromatic carbocycles. The third-order valence-corrected chi connectivity index (χ3v) is 8.31. The highest BCUT2D eigenvalue weighted by Crippen LogP contribution is 2.34. The number of carbonyl (C=O) groups excluding carboxylic acids is 1. The van der Waals surface area contributed by atoms with E-state index in [2.05, 4.69) is 12.2 Å². The molecule has 1 saturated carbocycles. The molecular weight excluding hydrogens is 390 g/mol. The van der Waals surface area contributed by atoms with Crippen LogP contribution in [0.3, 0.4) is 0 Å². The predicted molar refractivity (Wildman–Crippen MR) is 116 cm³/mol. The lowest BCUT2D eigenvalue weighted by Gasteiger charge is -2.29. The van der Waals surface area contributed by atoms with E-state index < -0.39 is 0 Å². The summed E-state index contributed by atoms with van der Waals surface area (Å²) in [6.07, 6.45) is 9.12. The van der Waals surface area contributed by atoms with E-state index in [0.29, 0.717) is 23.4 Å². The number of amides is 1. The predicted octanol–water partition coefficient (Wildman–Crippen LogP) is 4.14. The Bertz CT molecular complexity index is 934. The van der Waals surface area contributed by atoms with Crippen LogP contribution in [-0.4, -0.2) is 27.3 Å². The molecule has 1 N–H and O–H groups in total. The summed E-state index contributed by atoms with van der Waals surface area (Å²) in [4.78, 5) is 32.6. The minimum atomic E-state index is 0.0474. The molecule has 4 rings (SSSR count). The third-order valence-electron chi connectivity index (χ3n) is 6.15. The molecule has 2 aromatic rings. The molecule has 5 nitrogen and oxygen atoms in total. The molecule has 0 radical (unpaired) electrons. The molecule has 2 atom stereocenters. The van der Waals surface area contributed by atoms with Gasteiger partial charge in [0, 0.05) is 17.5 Å². The Balaban J connectivity index is 1.53. The molecule has 7 heteroatoms. The number of hydrogen-bond donors (Lipinski definition) is 1. The molecular formula is C21H29N3O2S2. The Hall–Kier alpha value is -1.34. The van der Waals surface area contributed by atoms with Crippen LogP contribution < -0.4 is 10.9 Å². The summed E-state index contributed by atoms with van der Waals surface area (Å²) >= 11 is 3.06. The summed E-state index contributed by atoms with van der Waals surface area (Å²) in [6.45, 7) is 4.78. The van der Waals surface area contributed by atoms with Gasteiger partial charge in [-0.2, -0.15) is 0 Å². The fourth-order valence-corrected chi connectivity index (χ4v) is 6.69. The van der Waals surface area contributed by atoms with Crippen LogP contribution in [-0.2, 0) is 24.2 Å². The van der Waals surface area contributed by atoms with Gasteiger partial charge in [-0.25, -0.2) is 4.98 Å². The van der Waals surface area contributed by atoms with Crippen LogP contribution in [0.5, 0.6) is 0 Å². The molecule has 2 aliphatic rings. The molecule has 152 valence electrons. The van der Waals surface area contributed by atoms with Gasteiger partial charge in [0.2, 0.25) is 5.91 Å². The molecule has 0 spiro atoms. The average molecular weight is 420 g/mol. The maximum absolute atomic E-state index is 13.1. The van der Waals surface area contributed by atoms with Crippen molar-refractivity contribution < 1.29 is 4.79 Å². The Labute approximate surface area is 174 Å². The van der Waals surface area contributed by atoms with Crippen LogP contribution in [0.15, 0.2) is 9.95 Å². The van der Waals surface area contributed by atoms with Crippen molar-refractivity contribution in [1.82, 2.24) is 14.9 Å². The largest absolute Gasteiger partial charge is 0.352 e. The van der Waals surface area contributed by atoms with Gasteiger partial charge in [0.25, 0.3) is 5.56 Å². The van der Waals surface area contributed by atoms with Crippen LogP contribution >= 0.6 is 23.1 Å². The first-order chi connectivity index (χ1) is 13.6. The number of hydrogen-bond acceptors (Lipinski definition) is 5. The van der Waals surface area contributed by atoms with Crippen molar-refractivity contribution >= 4 is 39.2 Å². The summed E-state index contributed by atoms with van der Waals surface area (Å²) in [6, 6.07) is 0.287. The Morgan fingerprint density at radius 2 is 2.04 bits per heavy atom. The Morgan fingerprint density at radius 3 is 2.82 bits per heavy atom. The molecule has 1 fully saturated rings. The van der Waals surface area contributed by atoms with E-state index >= 15 is 0 Å². The minimum absolute atomic E-state index is 0.0474. The summed E-state index contributed by atoms with van der Waals surface area (Å²) in [5.41, 5.74) is 1.29. The first-order valence-electron chi connectivity index (χ1n) is 10.6. The molecule has 2 aromatic heterocycles. The van der Waals surface area contributed by atoms with Crippen molar-refractivity contribution in [3.63, 3.8) is 0 Å². The van der Waals surface area contributed by atoms with E-state index in [9.17, 15) is 9.59 Å². The third kappa shape index (κ3) is 3.88. The number of nitrogens with zero attached hydrogens (tertiary/aromatic N) is 2. The van der Waals surface area contributed by atoms with Gasteiger partial charge in [-0.1, -0.05) is 31.5 Å². The number of fused-ring (bicyclic) bond motifs is 3. The second kappa shape index (κ2) is 8.57. The number of aryl methyl sites for hydroxylation is 2. The van der Waals surface area contributed by atoms with Crippen LogP contribution in [0.25, 0.3) is 10.2 Å². The monoisotopic (exact) mass is 419 g/mol. The van der Waals surface area contributed by atoms with E-state index in [0.717, 1.165) is 35.9 Å². The minimum Gasteiger partial charge on any atom is -0.352 e. The lowest BCUT2D eigenvalue weighted by atomic mass is 9.86. The number of carbonyl (C=O) groups is 1. The van der Waals surface area contributed by atoms with E-state index in [1.807, 2.05) is 6.92 Å². The average Bonchev–Trinajstić information content (AvgIpc) is 3.07. The van der Waals surface area contributed by atoms with Crippen LogP contribution in [0.2, 0.25) is 0 Å². The van der Waals surface area contributed by atoms with Gasteiger partial charge in [-0.15, -0.1) is 11.3 Å². The standard InChI is InChI=1S/C21H29N3O2S2/c1-3-24-20(26)18-14-9-5-7-11-16(14)28-19(18)23-21(24)27-12-17(25)22-15-10-6-4-8-13(15)2/h13,15H,3-12H2,1-2H3,(H,22,25)/t13-,15+/m1/s1. The molecule has 0 unspecified atom stereocenters. The first-order valence-corrected chi connectivity index (χ1v) is 12.4. The van der Waals surface area contributed by atoms with Gasteiger partial charge in [-0.05, 0) is 56.9 Å². The maximum atomic E-state index is 13.1. The van der Waals surface area contributed by atoms with Gasteiger partial charge in [0.05, 0.1) is 11.1 Å². The summed E-state index contributed by atoms with van der Waals surface area (Å²) < 4.78 is 1.74. The van der Waals surface area contributed by atoms with Crippen molar-refractivity contribution in [2.24, 2.45) is 5.92 Å². The molecule has 0 saturated heterocycles. The van der Waals surface area contributed by atoms with E-state index in [4.69, 9.17) is 4.98 Å². The fourth-order valence-electron chi connectivity index (χ4n) is 4.52. The van der Waals surface area contributed by atoms with Crippen LogP contribution in [0, 0.1) is 5.92 Å². The summed E-state index contributed by atoms with van der Waals surface area (Å²) in [7, 11) is 0. The Kier molecular flexibility index (Phi) is 6.11. The highest BCUT2D eigenvalue weighted by atomic mass is 32.2. The molecule has 1 amide bonds. The second-order valence-electron chi connectivity index (χ2n) is 8.06. The molecule has 0 aliphatic heterocycles. The normalized spacial score (nSPS) is 22.2.